The molecule has 100 valence electrons. The van der Waals surface area contributed by atoms with E-state index in [9.17, 15) is 0 Å². The zero-order valence-corrected chi connectivity index (χ0v) is 11.3. The van der Waals surface area contributed by atoms with Crippen molar-refractivity contribution in [2.24, 2.45) is 11.8 Å². The lowest BCUT2D eigenvalue weighted by Gasteiger charge is -2.21. The van der Waals surface area contributed by atoms with Gasteiger partial charge in [0.15, 0.2) is 6.29 Å². The minimum atomic E-state index is -0.0171. The number of hydrogen-bond acceptors (Lipinski definition) is 3. The molecule has 0 aromatic rings. The smallest absolute Gasteiger partial charge is 0.158 e. The summed E-state index contributed by atoms with van der Waals surface area (Å²) in [5, 5.41) is 3.73. The summed E-state index contributed by atoms with van der Waals surface area (Å²) in [6.07, 6.45) is 6.71. The minimum absolute atomic E-state index is 0.0171. The molecule has 1 N–H and O–H groups in total. The van der Waals surface area contributed by atoms with Crippen molar-refractivity contribution in [3.63, 3.8) is 0 Å². The van der Waals surface area contributed by atoms with Crippen LogP contribution in [0.3, 0.4) is 0 Å². The van der Waals surface area contributed by atoms with E-state index in [2.05, 4.69) is 5.32 Å². The molecule has 0 heterocycles. The van der Waals surface area contributed by atoms with Crippen molar-refractivity contribution >= 4 is 0 Å². The fraction of sp³-hybridized carbons (Fsp3) is 1.00. The fourth-order valence-electron chi connectivity index (χ4n) is 2.58. The van der Waals surface area contributed by atoms with Gasteiger partial charge in [-0.1, -0.05) is 0 Å². The predicted molar refractivity (Wildman–Crippen MR) is 68.9 cm³/mol. The van der Waals surface area contributed by atoms with Gasteiger partial charge in [0.05, 0.1) is 0 Å². The van der Waals surface area contributed by atoms with Gasteiger partial charge in [0.2, 0.25) is 0 Å². The van der Waals surface area contributed by atoms with E-state index in [1.165, 1.54) is 25.7 Å². The molecule has 0 bridgehead atoms. The maximum atomic E-state index is 5.55. The summed E-state index contributed by atoms with van der Waals surface area (Å²) in [5.74, 6) is 1.94. The van der Waals surface area contributed by atoms with Crippen LogP contribution in [0, 0.1) is 11.8 Å². The summed E-state index contributed by atoms with van der Waals surface area (Å²) < 4.78 is 11.1. The maximum Gasteiger partial charge on any atom is 0.158 e. The molecule has 0 amide bonds. The van der Waals surface area contributed by atoms with Crippen molar-refractivity contribution in [1.82, 2.24) is 5.32 Å². The summed E-state index contributed by atoms with van der Waals surface area (Å²) in [4.78, 5) is 0. The molecule has 0 radical (unpaired) electrons. The lowest BCUT2D eigenvalue weighted by atomic mass is 10.1. The van der Waals surface area contributed by atoms with Crippen molar-refractivity contribution in [2.75, 3.05) is 19.8 Å². The van der Waals surface area contributed by atoms with Gasteiger partial charge in [0.25, 0.3) is 0 Å². The van der Waals surface area contributed by atoms with Crippen LogP contribution in [-0.2, 0) is 9.47 Å². The Balaban J connectivity index is 1.62. The SMILES string of the molecule is CCOC(CCNC(C1CC1)C1CC1)OCC. The van der Waals surface area contributed by atoms with Crippen LogP contribution in [0.2, 0.25) is 0 Å². The molecule has 2 fully saturated rings. The third kappa shape index (κ3) is 4.57. The van der Waals surface area contributed by atoms with Gasteiger partial charge in [-0.25, -0.2) is 0 Å². The average molecular weight is 241 g/mol. The molecule has 0 aliphatic heterocycles. The van der Waals surface area contributed by atoms with E-state index < -0.39 is 0 Å². The van der Waals surface area contributed by atoms with Crippen LogP contribution in [0.15, 0.2) is 0 Å². The molecule has 3 heteroatoms. The highest BCUT2D eigenvalue weighted by Gasteiger charge is 2.40. The van der Waals surface area contributed by atoms with Gasteiger partial charge in [-0.15, -0.1) is 0 Å². The van der Waals surface area contributed by atoms with Crippen molar-refractivity contribution in [2.45, 2.75) is 58.3 Å². The predicted octanol–water partition coefficient (Wildman–Crippen LogP) is 2.55. The third-order valence-corrected chi connectivity index (χ3v) is 3.72. The molecule has 2 rings (SSSR count). The van der Waals surface area contributed by atoms with Crippen molar-refractivity contribution in [1.29, 1.82) is 0 Å². The molecule has 0 aromatic heterocycles. The Morgan fingerprint density at radius 1 is 1.00 bits per heavy atom. The van der Waals surface area contributed by atoms with Crippen LogP contribution in [0.1, 0.15) is 46.0 Å². The van der Waals surface area contributed by atoms with E-state index >= 15 is 0 Å². The number of nitrogens with one attached hydrogen (secondary N) is 1. The Labute approximate surface area is 105 Å². The second-order valence-electron chi connectivity index (χ2n) is 5.28. The number of ether oxygens (including phenoxy) is 2. The zero-order chi connectivity index (χ0) is 12.1. The van der Waals surface area contributed by atoms with E-state index in [0.717, 1.165) is 44.1 Å². The summed E-state index contributed by atoms with van der Waals surface area (Å²) >= 11 is 0. The molecule has 3 nitrogen and oxygen atoms in total. The summed E-state index contributed by atoms with van der Waals surface area (Å²) in [6, 6.07) is 0.791. The monoisotopic (exact) mass is 241 g/mol. The quantitative estimate of drug-likeness (QED) is 0.596. The van der Waals surface area contributed by atoms with Gasteiger partial charge >= 0.3 is 0 Å². The van der Waals surface area contributed by atoms with Crippen LogP contribution in [0.25, 0.3) is 0 Å². The normalized spacial score (nSPS) is 20.5. The first-order chi connectivity index (χ1) is 8.35. The van der Waals surface area contributed by atoms with Gasteiger partial charge < -0.3 is 14.8 Å². The Bertz CT molecular complexity index is 196. The Kier molecular flexibility index (Phi) is 5.26. The molecular weight excluding hydrogens is 214 g/mol. The average Bonchev–Trinajstić information content (AvgIpc) is 3.17. The molecule has 0 spiro atoms. The molecular formula is C14H27NO2. The molecule has 2 aliphatic carbocycles. The first-order valence-corrected chi connectivity index (χ1v) is 7.31. The number of hydrogen-bond donors (Lipinski definition) is 1. The van der Waals surface area contributed by atoms with Gasteiger partial charge in [-0.05, 0) is 51.4 Å². The van der Waals surface area contributed by atoms with Crippen LogP contribution >= 0.6 is 0 Å². The van der Waals surface area contributed by atoms with E-state index in [4.69, 9.17) is 9.47 Å². The summed E-state index contributed by atoms with van der Waals surface area (Å²) in [6.45, 7) is 6.55. The highest BCUT2D eigenvalue weighted by atomic mass is 16.7. The van der Waals surface area contributed by atoms with Gasteiger partial charge in [-0.3, -0.25) is 0 Å². The first kappa shape index (κ1) is 13.3. The van der Waals surface area contributed by atoms with E-state index in [1.807, 2.05) is 13.8 Å². The molecule has 2 saturated carbocycles. The molecule has 2 aliphatic rings. The second kappa shape index (κ2) is 6.72. The van der Waals surface area contributed by atoms with E-state index in [-0.39, 0.29) is 6.29 Å². The topological polar surface area (TPSA) is 30.5 Å². The highest BCUT2D eigenvalue weighted by Crippen LogP contribution is 2.44. The Morgan fingerprint density at radius 2 is 1.53 bits per heavy atom. The van der Waals surface area contributed by atoms with E-state index in [1.54, 1.807) is 0 Å². The molecule has 17 heavy (non-hydrogen) atoms. The Morgan fingerprint density at radius 3 is 1.94 bits per heavy atom. The number of rotatable bonds is 10. The van der Waals surface area contributed by atoms with Gasteiger partial charge in [-0.2, -0.15) is 0 Å². The summed E-state index contributed by atoms with van der Waals surface area (Å²) in [5.41, 5.74) is 0. The van der Waals surface area contributed by atoms with Gasteiger partial charge in [0, 0.05) is 32.2 Å². The van der Waals surface area contributed by atoms with Crippen LogP contribution < -0.4 is 5.32 Å². The van der Waals surface area contributed by atoms with Crippen molar-refractivity contribution in [3.05, 3.63) is 0 Å². The summed E-state index contributed by atoms with van der Waals surface area (Å²) in [7, 11) is 0. The molecule has 0 atom stereocenters. The largest absolute Gasteiger partial charge is 0.353 e. The lowest BCUT2D eigenvalue weighted by Crippen LogP contribution is -2.35. The minimum Gasteiger partial charge on any atom is -0.353 e. The van der Waals surface area contributed by atoms with Crippen molar-refractivity contribution < 1.29 is 9.47 Å². The highest BCUT2D eigenvalue weighted by molar-refractivity contribution is 4.96. The maximum absolute atomic E-state index is 5.55. The zero-order valence-electron chi connectivity index (χ0n) is 11.3. The lowest BCUT2D eigenvalue weighted by molar-refractivity contribution is -0.138. The Hall–Kier alpha value is -0.120. The molecule has 0 unspecified atom stereocenters. The van der Waals surface area contributed by atoms with Crippen LogP contribution in [0.5, 0.6) is 0 Å². The third-order valence-electron chi connectivity index (χ3n) is 3.72. The van der Waals surface area contributed by atoms with Crippen LogP contribution in [0.4, 0.5) is 0 Å². The molecule has 0 aromatic carbocycles. The second-order valence-corrected chi connectivity index (χ2v) is 5.28. The molecule has 0 saturated heterocycles. The van der Waals surface area contributed by atoms with Crippen LogP contribution in [-0.4, -0.2) is 32.1 Å². The first-order valence-electron chi connectivity index (χ1n) is 7.31. The van der Waals surface area contributed by atoms with Crippen molar-refractivity contribution in [3.8, 4) is 0 Å². The fourth-order valence-corrected chi connectivity index (χ4v) is 2.58. The van der Waals surface area contributed by atoms with Gasteiger partial charge in [0.1, 0.15) is 0 Å². The van der Waals surface area contributed by atoms with E-state index in [0.29, 0.717) is 0 Å². The standard InChI is InChI=1S/C14H27NO2/c1-3-16-13(17-4-2)9-10-15-14(11-5-6-11)12-7-8-12/h11-15H,3-10H2,1-2H3.